The van der Waals surface area contributed by atoms with Crippen LogP contribution in [-0.2, 0) is 11.2 Å². The van der Waals surface area contributed by atoms with E-state index in [0.717, 1.165) is 31.4 Å². The Kier molecular flexibility index (Phi) is 2.66. The van der Waals surface area contributed by atoms with E-state index in [-0.39, 0.29) is 23.6 Å². The number of carbonyl (C=O) groups is 2. The van der Waals surface area contributed by atoms with Crippen molar-refractivity contribution in [3.63, 3.8) is 0 Å². The zero-order chi connectivity index (χ0) is 13.6. The number of hydrogen-bond acceptors (Lipinski definition) is 3. The number of aliphatic carboxylic acids is 1. The molecule has 3 rings (SSSR count). The van der Waals surface area contributed by atoms with Crippen molar-refractivity contribution < 1.29 is 19.1 Å². The van der Waals surface area contributed by atoms with Gasteiger partial charge in [-0.05, 0) is 32.6 Å². The van der Waals surface area contributed by atoms with Gasteiger partial charge in [0.2, 0.25) is 0 Å². The molecule has 5 heteroatoms. The molecular weight excluding hydrogens is 246 g/mol. The highest BCUT2D eigenvalue weighted by atomic mass is 16.4. The van der Waals surface area contributed by atoms with E-state index < -0.39 is 5.97 Å². The molecule has 2 aliphatic rings. The molecule has 0 radical (unpaired) electrons. The molecule has 1 N–H and O–H groups in total. The third-order valence-corrected chi connectivity index (χ3v) is 4.48. The van der Waals surface area contributed by atoms with Gasteiger partial charge in [0.25, 0.3) is 5.91 Å². The second kappa shape index (κ2) is 4.11. The number of carboxylic acid groups (broad SMARTS) is 1. The quantitative estimate of drug-likeness (QED) is 0.905. The van der Waals surface area contributed by atoms with Crippen molar-refractivity contribution in [3.8, 4) is 0 Å². The molecule has 1 amide bonds. The van der Waals surface area contributed by atoms with E-state index in [0.29, 0.717) is 5.56 Å². The number of hydrogen-bond donors (Lipinski definition) is 1. The normalized spacial score (nSPS) is 19.9. The van der Waals surface area contributed by atoms with Crippen molar-refractivity contribution in [2.75, 3.05) is 6.54 Å². The lowest BCUT2D eigenvalue weighted by atomic mass is 9.67. The molecule has 1 saturated carbocycles. The maximum Gasteiger partial charge on any atom is 0.311 e. The van der Waals surface area contributed by atoms with E-state index >= 15 is 0 Å². The fraction of sp³-hybridized carbons (Fsp3) is 0.571. The fourth-order valence-electron chi connectivity index (χ4n) is 3.15. The van der Waals surface area contributed by atoms with Crippen LogP contribution in [0.25, 0.3) is 0 Å². The number of aryl methyl sites for hydroxylation is 1. The van der Waals surface area contributed by atoms with E-state index in [9.17, 15) is 9.59 Å². The summed E-state index contributed by atoms with van der Waals surface area (Å²) in [4.78, 5) is 25.3. The lowest BCUT2D eigenvalue weighted by Gasteiger charge is -2.58. The van der Waals surface area contributed by atoms with Crippen LogP contribution in [0.5, 0.6) is 0 Å². The number of furan rings is 1. The van der Waals surface area contributed by atoms with Crippen molar-refractivity contribution in [2.45, 2.75) is 44.6 Å². The molecule has 0 bridgehead atoms. The first-order chi connectivity index (χ1) is 9.03. The molecule has 0 atom stereocenters. The molecule has 1 aliphatic heterocycles. The minimum atomic E-state index is -0.981. The largest absolute Gasteiger partial charge is 0.481 e. The van der Waals surface area contributed by atoms with Gasteiger partial charge in [0.05, 0.1) is 11.8 Å². The highest BCUT2D eigenvalue weighted by Crippen LogP contribution is 2.47. The number of rotatable bonds is 3. The molecule has 1 saturated heterocycles. The Labute approximate surface area is 111 Å². The molecule has 1 aromatic heterocycles. The zero-order valence-corrected chi connectivity index (χ0v) is 10.9. The number of amides is 1. The van der Waals surface area contributed by atoms with Crippen molar-refractivity contribution >= 4 is 11.9 Å². The molecule has 5 nitrogen and oxygen atoms in total. The number of carbonyl (C=O) groups excluding carboxylic acids is 1. The predicted molar refractivity (Wildman–Crippen MR) is 67.0 cm³/mol. The molecule has 102 valence electrons. The Morgan fingerprint density at radius 3 is 2.63 bits per heavy atom. The van der Waals surface area contributed by atoms with Crippen LogP contribution < -0.4 is 0 Å². The SMILES string of the molecule is Cc1coc(CC(=O)O)c1C(=O)N1CCC12CCC2. The summed E-state index contributed by atoms with van der Waals surface area (Å²) in [6, 6.07) is 0. The van der Waals surface area contributed by atoms with Gasteiger partial charge in [0.1, 0.15) is 12.2 Å². The summed E-state index contributed by atoms with van der Waals surface area (Å²) >= 11 is 0. The van der Waals surface area contributed by atoms with Gasteiger partial charge in [-0.1, -0.05) is 0 Å². The van der Waals surface area contributed by atoms with Crippen LogP contribution in [0, 0.1) is 6.92 Å². The Hall–Kier alpha value is -1.78. The van der Waals surface area contributed by atoms with Crippen LogP contribution in [0.1, 0.15) is 47.4 Å². The van der Waals surface area contributed by atoms with Crippen LogP contribution in [0.15, 0.2) is 10.7 Å². The number of carboxylic acids is 1. The highest BCUT2D eigenvalue weighted by molar-refractivity contribution is 5.98. The first kappa shape index (κ1) is 12.3. The third kappa shape index (κ3) is 1.76. The smallest absolute Gasteiger partial charge is 0.311 e. The minimum Gasteiger partial charge on any atom is -0.481 e. The molecule has 19 heavy (non-hydrogen) atoms. The average Bonchev–Trinajstić information content (AvgIpc) is 2.54. The number of nitrogens with zero attached hydrogens (tertiary/aromatic N) is 1. The highest BCUT2D eigenvalue weighted by Gasteiger charge is 2.51. The van der Waals surface area contributed by atoms with E-state index in [1.54, 1.807) is 6.92 Å². The van der Waals surface area contributed by atoms with Gasteiger partial charge in [-0.25, -0.2) is 0 Å². The lowest BCUT2D eigenvalue weighted by molar-refractivity contribution is -0.136. The Morgan fingerprint density at radius 2 is 2.16 bits per heavy atom. The topological polar surface area (TPSA) is 70.7 Å². The standard InChI is InChI=1S/C14H17NO4/c1-9-8-19-10(7-11(16)17)12(9)13(18)15-6-5-14(15)3-2-4-14/h8H,2-7H2,1H3,(H,16,17). The summed E-state index contributed by atoms with van der Waals surface area (Å²) in [5.74, 6) is -0.768. The lowest BCUT2D eigenvalue weighted by Crippen LogP contribution is -2.65. The molecule has 0 aromatic carbocycles. The molecule has 2 heterocycles. The van der Waals surface area contributed by atoms with Gasteiger partial charge < -0.3 is 14.4 Å². The monoisotopic (exact) mass is 263 g/mol. The molecule has 1 spiro atoms. The maximum atomic E-state index is 12.6. The minimum absolute atomic E-state index is 0.0616. The fourth-order valence-corrected chi connectivity index (χ4v) is 3.15. The van der Waals surface area contributed by atoms with Crippen LogP contribution in [0.4, 0.5) is 0 Å². The summed E-state index contributed by atoms with van der Waals surface area (Å²) in [5, 5.41) is 8.87. The van der Waals surface area contributed by atoms with Crippen LogP contribution in [0.2, 0.25) is 0 Å². The Bertz CT molecular complexity index is 536. The van der Waals surface area contributed by atoms with Gasteiger partial charge in [0.15, 0.2) is 0 Å². The summed E-state index contributed by atoms with van der Waals surface area (Å²) in [6.07, 6.45) is 5.63. The average molecular weight is 263 g/mol. The Balaban J connectivity index is 1.87. The van der Waals surface area contributed by atoms with E-state index in [1.165, 1.54) is 12.7 Å². The van der Waals surface area contributed by atoms with E-state index in [1.807, 2.05) is 4.90 Å². The summed E-state index contributed by atoms with van der Waals surface area (Å²) in [5.41, 5.74) is 1.25. The van der Waals surface area contributed by atoms with E-state index in [2.05, 4.69) is 0 Å². The zero-order valence-electron chi connectivity index (χ0n) is 10.9. The molecule has 1 aliphatic carbocycles. The second-order valence-electron chi connectivity index (χ2n) is 5.57. The number of likely N-dealkylation sites (tertiary alicyclic amines) is 1. The first-order valence-corrected chi connectivity index (χ1v) is 6.64. The molecule has 2 fully saturated rings. The van der Waals surface area contributed by atoms with Crippen molar-refractivity contribution in [2.24, 2.45) is 0 Å². The third-order valence-electron chi connectivity index (χ3n) is 4.48. The van der Waals surface area contributed by atoms with Gasteiger partial charge in [-0.3, -0.25) is 9.59 Å². The van der Waals surface area contributed by atoms with Gasteiger partial charge in [0, 0.05) is 17.6 Å². The second-order valence-corrected chi connectivity index (χ2v) is 5.57. The summed E-state index contributed by atoms with van der Waals surface area (Å²) in [6.45, 7) is 2.56. The Morgan fingerprint density at radius 1 is 1.42 bits per heavy atom. The van der Waals surface area contributed by atoms with Crippen molar-refractivity contribution in [1.82, 2.24) is 4.90 Å². The van der Waals surface area contributed by atoms with Gasteiger partial charge in [-0.2, -0.15) is 0 Å². The van der Waals surface area contributed by atoms with E-state index in [4.69, 9.17) is 9.52 Å². The first-order valence-electron chi connectivity index (χ1n) is 6.64. The molecule has 0 unspecified atom stereocenters. The summed E-state index contributed by atoms with van der Waals surface area (Å²) in [7, 11) is 0. The molecular formula is C14H17NO4. The predicted octanol–water partition coefficient (Wildman–Crippen LogP) is 1.98. The van der Waals surface area contributed by atoms with Gasteiger partial charge >= 0.3 is 5.97 Å². The van der Waals surface area contributed by atoms with Crippen LogP contribution >= 0.6 is 0 Å². The van der Waals surface area contributed by atoms with Crippen LogP contribution in [0.3, 0.4) is 0 Å². The van der Waals surface area contributed by atoms with Crippen LogP contribution in [-0.4, -0.2) is 34.0 Å². The molecule has 1 aromatic rings. The maximum absolute atomic E-state index is 12.6. The van der Waals surface area contributed by atoms with Gasteiger partial charge in [-0.15, -0.1) is 0 Å². The van der Waals surface area contributed by atoms with Crippen molar-refractivity contribution in [3.05, 3.63) is 23.2 Å². The summed E-state index contributed by atoms with van der Waals surface area (Å²) < 4.78 is 5.24. The van der Waals surface area contributed by atoms with Crippen molar-refractivity contribution in [1.29, 1.82) is 0 Å².